The van der Waals surface area contributed by atoms with E-state index in [0.29, 0.717) is 12.0 Å². The Labute approximate surface area is 110 Å². The molecule has 1 aliphatic heterocycles. The predicted octanol–water partition coefficient (Wildman–Crippen LogP) is 2.78. The van der Waals surface area contributed by atoms with Crippen LogP contribution >= 0.6 is 0 Å². The van der Waals surface area contributed by atoms with E-state index in [9.17, 15) is 0 Å². The highest BCUT2D eigenvalue weighted by Crippen LogP contribution is 2.29. The zero-order chi connectivity index (χ0) is 13.0. The largest absolute Gasteiger partial charge is 0.381 e. The van der Waals surface area contributed by atoms with Gasteiger partial charge in [0.25, 0.3) is 0 Å². The zero-order valence-corrected chi connectivity index (χ0v) is 11.7. The predicted molar refractivity (Wildman–Crippen MR) is 73.7 cm³/mol. The standard InChI is InChI=1S/C15H24N2O/c1-4-16-15(13-6-5-7-18-10-13)14-8-11(2)17-12(3)9-14/h8-9,13,15-16H,4-7,10H2,1-3H3. The molecule has 1 aliphatic rings. The minimum Gasteiger partial charge on any atom is -0.381 e. The van der Waals surface area contributed by atoms with Crippen molar-refractivity contribution in [2.24, 2.45) is 5.92 Å². The van der Waals surface area contributed by atoms with Gasteiger partial charge in [0.05, 0.1) is 6.61 Å². The molecule has 3 heteroatoms. The molecule has 0 radical (unpaired) electrons. The first-order chi connectivity index (χ1) is 8.70. The molecule has 1 aromatic heterocycles. The number of nitrogens with zero attached hydrogens (tertiary/aromatic N) is 1. The molecule has 3 nitrogen and oxygen atoms in total. The third-order valence-corrected chi connectivity index (χ3v) is 3.55. The number of nitrogens with one attached hydrogen (secondary N) is 1. The average molecular weight is 248 g/mol. The Morgan fingerprint density at radius 3 is 2.67 bits per heavy atom. The molecule has 0 bridgehead atoms. The molecule has 18 heavy (non-hydrogen) atoms. The lowest BCUT2D eigenvalue weighted by atomic mass is 9.88. The Bertz CT molecular complexity index is 366. The smallest absolute Gasteiger partial charge is 0.0512 e. The van der Waals surface area contributed by atoms with E-state index in [1.807, 2.05) is 0 Å². The highest BCUT2D eigenvalue weighted by Gasteiger charge is 2.25. The summed E-state index contributed by atoms with van der Waals surface area (Å²) < 4.78 is 5.64. The molecule has 1 fully saturated rings. The first kappa shape index (κ1) is 13.5. The van der Waals surface area contributed by atoms with E-state index in [0.717, 1.165) is 31.1 Å². The van der Waals surface area contributed by atoms with Crippen LogP contribution in [0.5, 0.6) is 0 Å². The van der Waals surface area contributed by atoms with Gasteiger partial charge in [0.1, 0.15) is 0 Å². The Balaban J connectivity index is 2.22. The lowest BCUT2D eigenvalue weighted by molar-refractivity contribution is 0.0392. The SMILES string of the molecule is CCNC(c1cc(C)nc(C)c1)C1CCCOC1. The van der Waals surface area contributed by atoms with Gasteiger partial charge in [-0.15, -0.1) is 0 Å². The molecular weight excluding hydrogens is 224 g/mol. The fourth-order valence-electron chi connectivity index (χ4n) is 2.85. The molecule has 1 N–H and O–H groups in total. The molecule has 1 saturated heterocycles. The maximum Gasteiger partial charge on any atom is 0.0512 e. The van der Waals surface area contributed by atoms with Gasteiger partial charge >= 0.3 is 0 Å². The van der Waals surface area contributed by atoms with Crippen LogP contribution in [0, 0.1) is 19.8 Å². The van der Waals surface area contributed by atoms with Crippen LogP contribution in [0.4, 0.5) is 0 Å². The van der Waals surface area contributed by atoms with Gasteiger partial charge in [-0.3, -0.25) is 4.98 Å². The van der Waals surface area contributed by atoms with Crippen LogP contribution in [0.1, 0.15) is 42.8 Å². The van der Waals surface area contributed by atoms with Crippen LogP contribution in [0.25, 0.3) is 0 Å². The average Bonchev–Trinajstić information content (AvgIpc) is 2.36. The minimum absolute atomic E-state index is 0.399. The van der Waals surface area contributed by atoms with E-state index in [1.54, 1.807) is 0 Å². The van der Waals surface area contributed by atoms with Gasteiger partial charge in [0, 0.05) is 30.0 Å². The quantitative estimate of drug-likeness (QED) is 0.889. The van der Waals surface area contributed by atoms with Gasteiger partial charge in [-0.25, -0.2) is 0 Å². The molecule has 0 aromatic carbocycles. The van der Waals surface area contributed by atoms with E-state index >= 15 is 0 Å². The Kier molecular flexibility index (Phi) is 4.72. The topological polar surface area (TPSA) is 34.2 Å². The van der Waals surface area contributed by atoms with Crippen molar-refractivity contribution in [2.45, 2.75) is 39.7 Å². The van der Waals surface area contributed by atoms with Crippen LogP contribution in [0.2, 0.25) is 0 Å². The van der Waals surface area contributed by atoms with Crippen molar-refractivity contribution in [3.8, 4) is 0 Å². The molecule has 0 aliphatic carbocycles. The zero-order valence-electron chi connectivity index (χ0n) is 11.7. The molecule has 2 unspecified atom stereocenters. The summed E-state index contributed by atoms with van der Waals surface area (Å²) in [4.78, 5) is 4.46. The number of aromatic nitrogens is 1. The lowest BCUT2D eigenvalue weighted by Crippen LogP contribution is -2.33. The summed E-state index contributed by atoms with van der Waals surface area (Å²) in [7, 11) is 0. The second kappa shape index (κ2) is 6.30. The first-order valence-electron chi connectivity index (χ1n) is 6.97. The third-order valence-electron chi connectivity index (χ3n) is 3.55. The number of hydrogen-bond acceptors (Lipinski definition) is 3. The van der Waals surface area contributed by atoms with E-state index in [4.69, 9.17) is 4.74 Å². The fraction of sp³-hybridized carbons (Fsp3) is 0.667. The maximum atomic E-state index is 5.64. The lowest BCUT2D eigenvalue weighted by Gasteiger charge is -2.31. The summed E-state index contributed by atoms with van der Waals surface area (Å²) >= 11 is 0. The van der Waals surface area contributed by atoms with Crippen molar-refractivity contribution < 1.29 is 4.74 Å². The highest BCUT2D eigenvalue weighted by molar-refractivity contribution is 5.24. The molecule has 1 aromatic rings. The maximum absolute atomic E-state index is 5.64. The van der Waals surface area contributed by atoms with E-state index in [2.05, 4.69) is 43.2 Å². The van der Waals surface area contributed by atoms with Gasteiger partial charge in [0.2, 0.25) is 0 Å². The van der Waals surface area contributed by atoms with Gasteiger partial charge in [-0.05, 0) is 50.9 Å². The summed E-state index contributed by atoms with van der Waals surface area (Å²) in [5, 5.41) is 3.62. The first-order valence-corrected chi connectivity index (χ1v) is 6.97. The number of ether oxygens (including phenoxy) is 1. The van der Waals surface area contributed by atoms with Crippen LogP contribution < -0.4 is 5.32 Å². The normalized spacial score (nSPS) is 21.8. The molecule has 2 rings (SSSR count). The second-order valence-electron chi connectivity index (χ2n) is 5.20. The number of hydrogen-bond donors (Lipinski definition) is 1. The van der Waals surface area contributed by atoms with Crippen LogP contribution in [0.15, 0.2) is 12.1 Å². The molecular formula is C15H24N2O. The molecule has 0 amide bonds. The van der Waals surface area contributed by atoms with Crippen molar-refractivity contribution in [1.82, 2.24) is 10.3 Å². The molecule has 0 spiro atoms. The molecule has 100 valence electrons. The third kappa shape index (κ3) is 3.30. The van der Waals surface area contributed by atoms with E-state index in [1.165, 1.54) is 18.4 Å². The molecule has 0 saturated carbocycles. The Morgan fingerprint density at radius 2 is 2.11 bits per heavy atom. The van der Waals surface area contributed by atoms with E-state index < -0.39 is 0 Å². The van der Waals surface area contributed by atoms with Crippen molar-refractivity contribution in [2.75, 3.05) is 19.8 Å². The molecule has 2 heterocycles. The monoisotopic (exact) mass is 248 g/mol. The van der Waals surface area contributed by atoms with Crippen LogP contribution in [0.3, 0.4) is 0 Å². The van der Waals surface area contributed by atoms with Gasteiger partial charge < -0.3 is 10.1 Å². The Morgan fingerprint density at radius 1 is 1.39 bits per heavy atom. The minimum atomic E-state index is 0.399. The number of pyridine rings is 1. The fourth-order valence-corrected chi connectivity index (χ4v) is 2.85. The van der Waals surface area contributed by atoms with Gasteiger partial charge in [-0.2, -0.15) is 0 Å². The van der Waals surface area contributed by atoms with Gasteiger partial charge in [0.15, 0.2) is 0 Å². The number of aryl methyl sites for hydroxylation is 2. The summed E-state index contributed by atoms with van der Waals surface area (Å²) in [6.07, 6.45) is 2.42. The van der Waals surface area contributed by atoms with Crippen molar-refractivity contribution in [3.63, 3.8) is 0 Å². The number of rotatable bonds is 4. The van der Waals surface area contributed by atoms with Crippen LogP contribution in [-0.4, -0.2) is 24.7 Å². The van der Waals surface area contributed by atoms with Crippen molar-refractivity contribution in [3.05, 3.63) is 29.1 Å². The van der Waals surface area contributed by atoms with Gasteiger partial charge in [-0.1, -0.05) is 6.92 Å². The van der Waals surface area contributed by atoms with Crippen molar-refractivity contribution in [1.29, 1.82) is 0 Å². The summed E-state index contributed by atoms with van der Waals surface area (Å²) in [6.45, 7) is 9.08. The van der Waals surface area contributed by atoms with Crippen LogP contribution in [-0.2, 0) is 4.74 Å². The molecule has 2 atom stereocenters. The Hall–Kier alpha value is -0.930. The van der Waals surface area contributed by atoms with Crippen molar-refractivity contribution >= 4 is 0 Å². The summed E-state index contributed by atoms with van der Waals surface area (Å²) in [5.74, 6) is 0.583. The van der Waals surface area contributed by atoms with E-state index in [-0.39, 0.29) is 0 Å². The summed E-state index contributed by atoms with van der Waals surface area (Å²) in [5.41, 5.74) is 3.56. The highest BCUT2D eigenvalue weighted by atomic mass is 16.5. The second-order valence-corrected chi connectivity index (χ2v) is 5.20. The summed E-state index contributed by atoms with van der Waals surface area (Å²) in [6, 6.07) is 4.81.